The summed E-state index contributed by atoms with van der Waals surface area (Å²) in [6.45, 7) is 1.19. The molecule has 6 nitrogen and oxygen atoms in total. The molecule has 0 saturated heterocycles. The van der Waals surface area contributed by atoms with Crippen LogP contribution in [0.4, 0.5) is 10.8 Å². The number of halogens is 1. The van der Waals surface area contributed by atoms with Crippen LogP contribution in [0.5, 0.6) is 11.5 Å². The molecule has 3 aromatic rings. The standard InChI is InChI=1S/C19H21ClN4O2S2/c1-23(11-13-10-14(20)8-9-16(13)25-2)12-24-19(27)28-18(22-24)21-15-6-4-5-7-17(15)26-3/h4-10H,11-12H2,1-3H3,(H,21,22). The van der Waals surface area contributed by atoms with Crippen molar-refractivity contribution >= 4 is 46.0 Å². The lowest BCUT2D eigenvalue weighted by Crippen LogP contribution is -2.22. The molecule has 0 atom stereocenters. The Labute approximate surface area is 178 Å². The van der Waals surface area contributed by atoms with E-state index in [1.54, 1.807) is 18.9 Å². The Morgan fingerprint density at radius 3 is 2.68 bits per heavy atom. The van der Waals surface area contributed by atoms with Crippen LogP contribution < -0.4 is 14.8 Å². The first-order valence-corrected chi connectivity index (χ1v) is 10.1. The summed E-state index contributed by atoms with van der Waals surface area (Å²) < 4.78 is 13.3. The van der Waals surface area contributed by atoms with Gasteiger partial charge in [-0.15, -0.1) is 5.10 Å². The first kappa shape index (κ1) is 20.6. The van der Waals surface area contributed by atoms with Crippen molar-refractivity contribution in [1.82, 2.24) is 14.7 Å². The van der Waals surface area contributed by atoms with E-state index in [4.69, 9.17) is 33.3 Å². The smallest absolute Gasteiger partial charge is 0.209 e. The molecule has 0 aliphatic carbocycles. The maximum absolute atomic E-state index is 6.12. The number of nitrogens with zero attached hydrogens (tertiary/aromatic N) is 3. The Balaban J connectivity index is 1.71. The maximum atomic E-state index is 6.12. The second-order valence-electron chi connectivity index (χ2n) is 6.11. The van der Waals surface area contributed by atoms with Crippen molar-refractivity contribution in [1.29, 1.82) is 0 Å². The molecule has 0 fully saturated rings. The van der Waals surface area contributed by atoms with Gasteiger partial charge in [0.2, 0.25) is 5.13 Å². The molecule has 0 unspecified atom stereocenters. The molecule has 9 heteroatoms. The third kappa shape index (κ3) is 5.02. The third-order valence-electron chi connectivity index (χ3n) is 4.01. The summed E-state index contributed by atoms with van der Waals surface area (Å²) in [6, 6.07) is 13.3. The summed E-state index contributed by atoms with van der Waals surface area (Å²) in [5, 5.41) is 9.25. The molecule has 28 heavy (non-hydrogen) atoms. The van der Waals surface area contributed by atoms with E-state index in [1.165, 1.54) is 11.3 Å². The van der Waals surface area contributed by atoms with Crippen LogP contribution >= 0.6 is 35.2 Å². The fraction of sp³-hybridized carbons (Fsp3) is 0.263. The van der Waals surface area contributed by atoms with Gasteiger partial charge in [0, 0.05) is 17.1 Å². The van der Waals surface area contributed by atoms with Crippen LogP contribution in [0.15, 0.2) is 42.5 Å². The maximum Gasteiger partial charge on any atom is 0.209 e. The van der Waals surface area contributed by atoms with E-state index in [2.05, 4.69) is 15.3 Å². The molecule has 0 amide bonds. The number of ether oxygens (including phenoxy) is 2. The molecule has 1 heterocycles. The number of rotatable bonds is 8. The Bertz CT molecular complexity index is 1010. The molecule has 1 N–H and O–H groups in total. The van der Waals surface area contributed by atoms with Crippen LogP contribution in [0.25, 0.3) is 0 Å². The Kier molecular flexibility index (Phi) is 6.90. The summed E-state index contributed by atoms with van der Waals surface area (Å²) in [5.41, 5.74) is 1.85. The SMILES string of the molecule is COc1ccc(Cl)cc1CN(C)Cn1nc(Nc2ccccc2OC)sc1=S. The van der Waals surface area contributed by atoms with E-state index >= 15 is 0 Å². The van der Waals surface area contributed by atoms with Gasteiger partial charge in [-0.05, 0) is 49.6 Å². The molecule has 0 radical (unpaired) electrons. The molecule has 148 valence electrons. The Hall–Kier alpha value is -2.13. The van der Waals surface area contributed by atoms with Gasteiger partial charge in [0.05, 0.1) is 26.6 Å². The number of para-hydroxylation sites is 2. The van der Waals surface area contributed by atoms with Crippen LogP contribution in [-0.2, 0) is 13.2 Å². The van der Waals surface area contributed by atoms with Crippen molar-refractivity contribution in [3.05, 3.63) is 57.0 Å². The first-order valence-electron chi connectivity index (χ1n) is 8.49. The average molecular weight is 437 g/mol. The first-order chi connectivity index (χ1) is 13.5. The van der Waals surface area contributed by atoms with E-state index < -0.39 is 0 Å². The minimum absolute atomic E-state index is 0.540. The van der Waals surface area contributed by atoms with Crippen LogP contribution in [-0.4, -0.2) is 35.9 Å². The number of aromatic nitrogens is 2. The van der Waals surface area contributed by atoms with E-state index in [0.29, 0.717) is 27.3 Å². The number of nitrogens with one attached hydrogen (secondary N) is 1. The van der Waals surface area contributed by atoms with Gasteiger partial charge in [-0.25, -0.2) is 4.68 Å². The molecule has 0 aliphatic rings. The van der Waals surface area contributed by atoms with Gasteiger partial charge in [0.1, 0.15) is 11.5 Å². The topological polar surface area (TPSA) is 51.5 Å². The summed E-state index contributed by atoms with van der Waals surface area (Å²) in [5.74, 6) is 1.55. The lowest BCUT2D eigenvalue weighted by Gasteiger charge is -2.18. The fourth-order valence-corrected chi connectivity index (χ4v) is 3.95. The zero-order chi connectivity index (χ0) is 20.1. The lowest BCUT2D eigenvalue weighted by atomic mass is 10.2. The molecular weight excluding hydrogens is 416 g/mol. The van der Waals surface area contributed by atoms with Crippen molar-refractivity contribution in [2.75, 3.05) is 26.6 Å². The zero-order valence-corrected chi connectivity index (χ0v) is 18.2. The van der Waals surface area contributed by atoms with Crippen molar-refractivity contribution in [2.45, 2.75) is 13.2 Å². The van der Waals surface area contributed by atoms with Crippen molar-refractivity contribution < 1.29 is 9.47 Å². The van der Waals surface area contributed by atoms with Crippen molar-refractivity contribution in [3.63, 3.8) is 0 Å². The van der Waals surface area contributed by atoms with Crippen LogP contribution in [0.2, 0.25) is 5.02 Å². The van der Waals surface area contributed by atoms with Gasteiger partial charge in [-0.3, -0.25) is 4.90 Å². The number of benzene rings is 2. The average Bonchev–Trinajstić information content (AvgIpc) is 3.01. The predicted molar refractivity (Wildman–Crippen MR) is 117 cm³/mol. The van der Waals surface area contributed by atoms with E-state index in [-0.39, 0.29) is 0 Å². The number of methoxy groups -OCH3 is 2. The lowest BCUT2D eigenvalue weighted by molar-refractivity contribution is 0.242. The molecule has 0 spiro atoms. The number of hydrogen-bond acceptors (Lipinski definition) is 7. The summed E-state index contributed by atoms with van der Waals surface area (Å²) in [7, 11) is 5.29. The van der Waals surface area contributed by atoms with Gasteiger partial charge in [0.25, 0.3) is 0 Å². The van der Waals surface area contributed by atoms with E-state index in [9.17, 15) is 0 Å². The largest absolute Gasteiger partial charge is 0.496 e. The molecule has 0 bridgehead atoms. The van der Waals surface area contributed by atoms with Gasteiger partial charge < -0.3 is 14.8 Å². The van der Waals surface area contributed by atoms with E-state index in [1.807, 2.05) is 49.5 Å². The molecule has 1 aromatic heterocycles. The summed E-state index contributed by atoms with van der Waals surface area (Å²) in [4.78, 5) is 2.09. The van der Waals surface area contributed by atoms with Gasteiger partial charge in [-0.2, -0.15) is 0 Å². The van der Waals surface area contributed by atoms with Crippen LogP contribution in [0.3, 0.4) is 0 Å². The number of anilines is 2. The summed E-state index contributed by atoms with van der Waals surface area (Å²) >= 11 is 13.0. The Morgan fingerprint density at radius 1 is 1.18 bits per heavy atom. The van der Waals surface area contributed by atoms with E-state index in [0.717, 1.165) is 22.7 Å². The Morgan fingerprint density at radius 2 is 1.93 bits per heavy atom. The molecule has 2 aromatic carbocycles. The van der Waals surface area contributed by atoms with Gasteiger partial charge in [-0.1, -0.05) is 35.1 Å². The molecule has 0 saturated carbocycles. The number of hydrogen-bond donors (Lipinski definition) is 1. The van der Waals surface area contributed by atoms with Crippen LogP contribution in [0, 0.1) is 3.95 Å². The van der Waals surface area contributed by atoms with Crippen LogP contribution in [0.1, 0.15) is 5.56 Å². The zero-order valence-electron chi connectivity index (χ0n) is 15.8. The minimum Gasteiger partial charge on any atom is -0.496 e. The van der Waals surface area contributed by atoms with Gasteiger partial charge in [0.15, 0.2) is 3.95 Å². The predicted octanol–water partition coefficient (Wildman–Crippen LogP) is 5.18. The minimum atomic E-state index is 0.540. The quantitative estimate of drug-likeness (QED) is 0.491. The highest BCUT2D eigenvalue weighted by molar-refractivity contribution is 7.73. The molecule has 3 rings (SSSR count). The van der Waals surface area contributed by atoms with Gasteiger partial charge >= 0.3 is 0 Å². The molecular formula is C19H21ClN4O2S2. The fourth-order valence-electron chi connectivity index (χ4n) is 2.75. The van der Waals surface area contributed by atoms with Crippen molar-refractivity contribution in [3.8, 4) is 11.5 Å². The third-order valence-corrected chi connectivity index (χ3v) is 5.47. The second kappa shape index (κ2) is 9.38. The molecule has 0 aliphatic heterocycles. The summed E-state index contributed by atoms with van der Waals surface area (Å²) in [6.07, 6.45) is 0. The normalized spacial score (nSPS) is 10.9. The highest BCUT2D eigenvalue weighted by atomic mass is 35.5. The second-order valence-corrected chi connectivity index (χ2v) is 8.17. The monoisotopic (exact) mass is 436 g/mol. The van der Waals surface area contributed by atoms with Crippen molar-refractivity contribution in [2.24, 2.45) is 0 Å². The highest BCUT2D eigenvalue weighted by Gasteiger charge is 2.11. The highest BCUT2D eigenvalue weighted by Crippen LogP contribution is 2.28.